The van der Waals surface area contributed by atoms with Crippen LogP contribution in [0.5, 0.6) is 0 Å². The minimum atomic E-state index is -0.00694. The van der Waals surface area contributed by atoms with E-state index in [9.17, 15) is 4.79 Å². The summed E-state index contributed by atoms with van der Waals surface area (Å²) in [6, 6.07) is 0. The molecular formula is C4H6OS3. The van der Waals surface area contributed by atoms with Gasteiger partial charge >= 0.3 is 0 Å². The van der Waals surface area contributed by atoms with Gasteiger partial charge in [0.1, 0.15) is 4.20 Å². The van der Waals surface area contributed by atoms with Crippen LogP contribution in [0, 0.1) is 0 Å². The topological polar surface area (TPSA) is 17.1 Å². The Morgan fingerprint density at radius 2 is 1.88 bits per heavy atom. The molecule has 0 aromatic carbocycles. The lowest BCUT2D eigenvalue weighted by Crippen LogP contribution is -1.99. The number of thiocarbonyl (C=S) groups is 1. The highest BCUT2D eigenvalue weighted by molar-refractivity contribution is 8.31. The zero-order valence-corrected chi connectivity index (χ0v) is 7.08. The third-order valence-electron chi connectivity index (χ3n) is 0.537. The molecule has 0 amide bonds. The molecule has 0 bridgehead atoms. The van der Waals surface area contributed by atoms with Crippen molar-refractivity contribution in [3.05, 3.63) is 0 Å². The van der Waals surface area contributed by atoms with Gasteiger partial charge in [0.05, 0.1) is 0 Å². The van der Waals surface area contributed by atoms with Crippen molar-refractivity contribution < 1.29 is 4.79 Å². The summed E-state index contributed by atoms with van der Waals surface area (Å²) < 4.78 is 0.456. The SMILES string of the molecule is CSC(=O)C(=S)SC. The van der Waals surface area contributed by atoms with Gasteiger partial charge in [0.15, 0.2) is 0 Å². The van der Waals surface area contributed by atoms with Crippen LogP contribution in [0.1, 0.15) is 0 Å². The first kappa shape index (κ1) is 8.46. The van der Waals surface area contributed by atoms with Gasteiger partial charge in [-0.15, -0.1) is 11.8 Å². The first-order chi connectivity index (χ1) is 3.72. The largest absolute Gasteiger partial charge is 0.280 e. The maximum absolute atomic E-state index is 10.5. The second-order valence-corrected chi connectivity index (χ2v) is 3.25. The van der Waals surface area contributed by atoms with E-state index < -0.39 is 0 Å². The number of carbonyl (C=O) groups excluding carboxylic acids is 1. The van der Waals surface area contributed by atoms with Crippen molar-refractivity contribution in [3.63, 3.8) is 0 Å². The number of carbonyl (C=O) groups is 1. The quantitative estimate of drug-likeness (QED) is 0.508. The molecule has 0 aromatic heterocycles. The molecule has 0 spiro atoms. The molecule has 4 heteroatoms. The molecule has 0 aromatic rings. The zero-order chi connectivity index (χ0) is 6.57. The van der Waals surface area contributed by atoms with Gasteiger partial charge in [0, 0.05) is 0 Å². The Morgan fingerprint density at radius 1 is 1.38 bits per heavy atom. The van der Waals surface area contributed by atoms with E-state index in [1.165, 1.54) is 11.8 Å². The van der Waals surface area contributed by atoms with Crippen LogP contribution in [0.4, 0.5) is 0 Å². The van der Waals surface area contributed by atoms with Crippen molar-refractivity contribution in [1.82, 2.24) is 0 Å². The predicted octanol–water partition coefficient (Wildman–Crippen LogP) is 1.57. The van der Waals surface area contributed by atoms with E-state index in [1.54, 1.807) is 12.5 Å². The summed E-state index contributed by atoms with van der Waals surface area (Å²) >= 11 is 7.14. The number of hydrogen-bond donors (Lipinski definition) is 0. The molecule has 0 radical (unpaired) electrons. The first-order valence-corrected chi connectivity index (χ1v) is 4.74. The van der Waals surface area contributed by atoms with E-state index in [0.717, 1.165) is 11.8 Å². The monoisotopic (exact) mass is 166 g/mol. The van der Waals surface area contributed by atoms with Crippen molar-refractivity contribution in [2.24, 2.45) is 0 Å². The molecule has 0 rings (SSSR count). The van der Waals surface area contributed by atoms with Crippen LogP contribution < -0.4 is 0 Å². The smallest absolute Gasteiger partial charge is 0.236 e. The highest BCUT2D eigenvalue weighted by Gasteiger charge is 2.03. The van der Waals surface area contributed by atoms with Gasteiger partial charge in [-0.25, -0.2) is 0 Å². The molecule has 0 aliphatic heterocycles. The average molecular weight is 166 g/mol. The molecule has 0 atom stereocenters. The van der Waals surface area contributed by atoms with E-state index in [1.807, 2.05) is 0 Å². The van der Waals surface area contributed by atoms with Crippen LogP contribution in [0.25, 0.3) is 0 Å². The molecule has 0 aliphatic rings. The van der Waals surface area contributed by atoms with Gasteiger partial charge in [-0.1, -0.05) is 24.0 Å². The molecule has 0 aliphatic carbocycles. The lowest BCUT2D eigenvalue weighted by atomic mass is 10.9. The molecule has 0 saturated heterocycles. The number of rotatable bonds is 0. The van der Waals surface area contributed by atoms with E-state index >= 15 is 0 Å². The fourth-order valence-corrected chi connectivity index (χ4v) is 1.25. The Labute approximate surface area is 62.6 Å². The van der Waals surface area contributed by atoms with E-state index in [0.29, 0.717) is 4.20 Å². The van der Waals surface area contributed by atoms with Crippen LogP contribution >= 0.6 is 35.7 Å². The van der Waals surface area contributed by atoms with Crippen LogP contribution in [-0.4, -0.2) is 21.8 Å². The van der Waals surface area contributed by atoms with Gasteiger partial charge in [0.2, 0.25) is 5.12 Å². The number of hydrogen-bond acceptors (Lipinski definition) is 4. The summed E-state index contributed by atoms with van der Waals surface area (Å²) in [7, 11) is 0. The van der Waals surface area contributed by atoms with Crippen LogP contribution in [-0.2, 0) is 4.79 Å². The average Bonchev–Trinajstić information content (AvgIpc) is 1.84. The van der Waals surface area contributed by atoms with Gasteiger partial charge in [-0.2, -0.15) is 0 Å². The highest BCUT2D eigenvalue weighted by atomic mass is 32.2. The third-order valence-corrected chi connectivity index (χ3v) is 2.61. The summed E-state index contributed by atoms with van der Waals surface area (Å²) in [5.74, 6) is 0. The van der Waals surface area contributed by atoms with Crippen LogP contribution in [0.2, 0.25) is 0 Å². The molecule has 1 nitrogen and oxygen atoms in total. The normalized spacial score (nSPS) is 8.75. The summed E-state index contributed by atoms with van der Waals surface area (Å²) in [5.41, 5.74) is 0. The Bertz CT molecular complexity index is 95.9. The fraction of sp³-hybridized carbons (Fsp3) is 0.500. The fourth-order valence-electron chi connectivity index (χ4n) is 0.167. The summed E-state index contributed by atoms with van der Waals surface area (Å²) in [6.45, 7) is 0. The Morgan fingerprint density at radius 3 is 2.00 bits per heavy atom. The van der Waals surface area contributed by atoms with Gasteiger partial charge in [-0.05, 0) is 12.5 Å². The van der Waals surface area contributed by atoms with Crippen LogP contribution in [0.3, 0.4) is 0 Å². The summed E-state index contributed by atoms with van der Waals surface area (Å²) in [5, 5.41) is -0.00694. The molecule has 0 unspecified atom stereocenters. The van der Waals surface area contributed by atoms with Crippen LogP contribution in [0.15, 0.2) is 0 Å². The number of thioether (sulfide) groups is 2. The predicted molar refractivity (Wildman–Crippen MR) is 44.6 cm³/mol. The van der Waals surface area contributed by atoms with E-state index in [4.69, 9.17) is 0 Å². The zero-order valence-electron chi connectivity index (χ0n) is 4.63. The molecule has 0 saturated carbocycles. The first-order valence-electron chi connectivity index (χ1n) is 1.88. The minimum absolute atomic E-state index is 0.00694. The Hall–Kier alpha value is 0.460. The van der Waals surface area contributed by atoms with Gasteiger partial charge in [0.25, 0.3) is 0 Å². The van der Waals surface area contributed by atoms with E-state index in [-0.39, 0.29) is 5.12 Å². The second kappa shape index (κ2) is 4.35. The Balaban J connectivity index is 3.64. The third kappa shape index (κ3) is 2.69. The molecule has 0 heterocycles. The lowest BCUT2D eigenvalue weighted by molar-refractivity contribution is -0.105. The lowest BCUT2D eigenvalue weighted by Gasteiger charge is -1.90. The van der Waals surface area contributed by atoms with Crippen molar-refractivity contribution in [2.75, 3.05) is 12.5 Å². The maximum atomic E-state index is 10.5. The minimum Gasteiger partial charge on any atom is -0.280 e. The summed E-state index contributed by atoms with van der Waals surface area (Å²) in [6.07, 6.45) is 3.53. The van der Waals surface area contributed by atoms with Gasteiger partial charge in [-0.3, -0.25) is 4.79 Å². The van der Waals surface area contributed by atoms with Crippen molar-refractivity contribution >= 4 is 45.1 Å². The Kier molecular flexibility index (Phi) is 4.60. The van der Waals surface area contributed by atoms with Gasteiger partial charge < -0.3 is 0 Å². The van der Waals surface area contributed by atoms with E-state index in [2.05, 4.69) is 12.2 Å². The molecular weight excluding hydrogens is 160 g/mol. The molecule has 46 valence electrons. The highest BCUT2D eigenvalue weighted by Crippen LogP contribution is 2.06. The molecule has 8 heavy (non-hydrogen) atoms. The van der Waals surface area contributed by atoms with Crippen molar-refractivity contribution in [2.45, 2.75) is 0 Å². The molecule has 0 N–H and O–H groups in total. The maximum Gasteiger partial charge on any atom is 0.236 e. The summed E-state index contributed by atoms with van der Waals surface area (Å²) in [4.78, 5) is 10.5. The van der Waals surface area contributed by atoms with Crippen molar-refractivity contribution in [1.29, 1.82) is 0 Å². The van der Waals surface area contributed by atoms with Crippen molar-refractivity contribution in [3.8, 4) is 0 Å². The molecule has 0 fully saturated rings. The standard InChI is InChI=1S/C4H6OS3/c1-7-3(5)4(6)8-2/h1-2H3. The second-order valence-electron chi connectivity index (χ2n) is 0.983.